The second-order valence-electron chi connectivity index (χ2n) is 4.84. The first-order valence-corrected chi connectivity index (χ1v) is 7.87. The summed E-state index contributed by atoms with van der Waals surface area (Å²) < 4.78 is 4.54. The van der Waals surface area contributed by atoms with Crippen LogP contribution in [0.1, 0.15) is 17.5 Å². The third kappa shape index (κ3) is 6.18. The van der Waals surface area contributed by atoms with Gasteiger partial charge in [0.2, 0.25) is 5.91 Å². The maximum absolute atomic E-state index is 11.9. The van der Waals surface area contributed by atoms with Crippen molar-refractivity contribution in [3.8, 4) is 0 Å². The number of ether oxygens (including phenoxy) is 1. The summed E-state index contributed by atoms with van der Waals surface area (Å²) in [6.07, 6.45) is 0.494. The van der Waals surface area contributed by atoms with Crippen LogP contribution in [0.5, 0.6) is 0 Å². The molecule has 0 heterocycles. The molecular formula is C15H22N2O3S. The molecule has 0 saturated heterocycles. The van der Waals surface area contributed by atoms with E-state index in [4.69, 9.17) is 5.73 Å². The lowest BCUT2D eigenvalue weighted by molar-refractivity contribution is -0.142. The van der Waals surface area contributed by atoms with E-state index in [0.717, 1.165) is 16.8 Å². The molecule has 0 aliphatic carbocycles. The molecule has 1 aromatic rings. The molecule has 0 bridgehead atoms. The Kier molecular flexibility index (Phi) is 7.25. The number of hydrogen-bond acceptors (Lipinski definition) is 5. The second kappa shape index (κ2) is 8.69. The Hall–Kier alpha value is -1.53. The average molecular weight is 310 g/mol. The van der Waals surface area contributed by atoms with Gasteiger partial charge in [0.25, 0.3) is 0 Å². The molecule has 0 spiro atoms. The summed E-state index contributed by atoms with van der Waals surface area (Å²) in [7, 11) is 1.31. The summed E-state index contributed by atoms with van der Waals surface area (Å²) in [5.74, 6) is 0.494. The van der Waals surface area contributed by atoms with Crippen LogP contribution in [-0.2, 0) is 14.3 Å². The molecule has 116 valence electrons. The number of thioether (sulfide) groups is 1. The van der Waals surface area contributed by atoms with Gasteiger partial charge in [-0.05, 0) is 43.2 Å². The molecule has 1 atom stereocenters. The lowest BCUT2D eigenvalue weighted by Gasteiger charge is -2.10. The highest BCUT2D eigenvalue weighted by atomic mass is 32.2. The number of hydrogen-bond donors (Lipinski definition) is 2. The fourth-order valence-electron chi connectivity index (χ4n) is 1.70. The summed E-state index contributed by atoms with van der Waals surface area (Å²) >= 11 is 1.45. The zero-order chi connectivity index (χ0) is 15.8. The van der Waals surface area contributed by atoms with Crippen molar-refractivity contribution in [2.24, 2.45) is 5.73 Å². The van der Waals surface area contributed by atoms with Crippen LogP contribution < -0.4 is 11.1 Å². The quantitative estimate of drug-likeness (QED) is 0.593. The van der Waals surface area contributed by atoms with Gasteiger partial charge in [0.05, 0.1) is 12.9 Å². The summed E-state index contributed by atoms with van der Waals surface area (Å²) in [6.45, 7) is 3.94. The highest BCUT2D eigenvalue weighted by Gasteiger charge is 2.13. The van der Waals surface area contributed by atoms with Crippen molar-refractivity contribution in [1.29, 1.82) is 0 Å². The number of nitrogens with two attached hydrogens (primary N) is 1. The number of esters is 1. The van der Waals surface area contributed by atoms with Crippen LogP contribution in [0.25, 0.3) is 0 Å². The first-order chi connectivity index (χ1) is 9.93. The minimum Gasteiger partial charge on any atom is -0.468 e. The van der Waals surface area contributed by atoms with E-state index in [1.54, 1.807) is 0 Å². The van der Waals surface area contributed by atoms with E-state index in [-0.39, 0.29) is 5.91 Å². The van der Waals surface area contributed by atoms with E-state index in [2.05, 4.69) is 10.1 Å². The first-order valence-electron chi connectivity index (χ1n) is 6.72. The number of nitrogens with one attached hydrogen (secondary N) is 1. The van der Waals surface area contributed by atoms with Gasteiger partial charge in [-0.1, -0.05) is 12.1 Å². The largest absolute Gasteiger partial charge is 0.468 e. The molecule has 21 heavy (non-hydrogen) atoms. The van der Waals surface area contributed by atoms with E-state index in [9.17, 15) is 9.59 Å². The lowest BCUT2D eigenvalue weighted by Crippen LogP contribution is -2.32. The number of benzene rings is 1. The maximum Gasteiger partial charge on any atom is 0.322 e. The van der Waals surface area contributed by atoms with Crippen LogP contribution in [0.15, 0.2) is 18.2 Å². The van der Waals surface area contributed by atoms with Crippen molar-refractivity contribution in [2.45, 2.75) is 26.3 Å². The van der Waals surface area contributed by atoms with Crippen molar-refractivity contribution >= 4 is 29.3 Å². The maximum atomic E-state index is 11.9. The first kappa shape index (κ1) is 17.5. The zero-order valence-corrected chi connectivity index (χ0v) is 13.5. The third-order valence-electron chi connectivity index (χ3n) is 2.98. The number of anilines is 1. The molecule has 1 amide bonds. The number of aryl methyl sites for hydroxylation is 2. The lowest BCUT2D eigenvalue weighted by atomic mass is 10.1. The van der Waals surface area contributed by atoms with Gasteiger partial charge in [-0.25, -0.2) is 0 Å². The van der Waals surface area contributed by atoms with Crippen molar-refractivity contribution in [3.63, 3.8) is 0 Å². The summed E-state index contributed by atoms with van der Waals surface area (Å²) in [5, 5.41) is 2.89. The van der Waals surface area contributed by atoms with Crippen LogP contribution in [-0.4, -0.2) is 36.5 Å². The molecular weight excluding hydrogens is 288 g/mol. The predicted molar refractivity (Wildman–Crippen MR) is 86.5 cm³/mol. The topological polar surface area (TPSA) is 81.4 Å². The highest BCUT2D eigenvalue weighted by molar-refractivity contribution is 7.99. The molecule has 0 aliphatic heterocycles. The van der Waals surface area contributed by atoms with Gasteiger partial charge in [0.1, 0.15) is 6.04 Å². The number of rotatable bonds is 7. The minimum absolute atomic E-state index is 0.0552. The Labute approximate surface area is 129 Å². The van der Waals surface area contributed by atoms with Gasteiger partial charge in [-0.15, -0.1) is 0 Å². The smallest absolute Gasteiger partial charge is 0.322 e. The molecule has 6 heteroatoms. The Bertz CT molecular complexity index is 506. The molecule has 1 aromatic carbocycles. The van der Waals surface area contributed by atoms with Gasteiger partial charge in [-0.3, -0.25) is 9.59 Å². The van der Waals surface area contributed by atoms with Crippen molar-refractivity contribution < 1.29 is 14.3 Å². The van der Waals surface area contributed by atoms with E-state index in [0.29, 0.717) is 17.9 Å². The molecule has 1 unspecified atom stereocenters. The minimum atomic E-state index is -0.621. The molecule has 3 N–H and O–H groups in total. The van der Waals surface area contributed by atoms with Gasteiger partial charge in [0, 0.05) is 5.69 Å². The molecule has 0 saturated carbocycles. The molecule has 0 radical (unpaired) electrons. The number of methoxy groups -OCH3 is 1. The van der Waals surface area contributed by atoms with Crippen molar-refractivity contribution in [3.05, 3.63) is 29.3 Å². The Balaban J connectivity index is 2.32. The van der Waals surface area contributed by atoms with Crippen molar-refractivity contribution in [2.75, 3.05) is 23.9 Å². The molecule has 1 rings (SSSR count). The Morgan fingerprint density at radius 3 is 2.76 bits per heavy atom. The summed E-state index contributed by atoms with van der Waals surface area (Å²) in [4.78, 5) is 23.0. The standard InChI is InChI=1S/C15H22N2O3S/c1-10-4-5-11(2)13(8-10)17-14(18)9-21-7-6-12(16)15(19)20-3/h4-5,8,12H,6-7,9,16H2,1-3H3,(H,17,18). The van der Waals surface area contributed by atoms with Crippen LogP contribution in [0.2, 0.25) is 0 Å². The van der Waals surface area contributed by atoms with Crippen LogP contribution >= 0.6 is 11.8 Å². The highest BCUT2D eigenvalue weighted by Crippen LogP contribution is 2.17. The zero-order valence-electron chi connectivity index (χ0n) is 12.6. The van der Waals surface area contributed by atoms with Crippen LogP contribution in [0.3, 0.4) is 0 Å². The number of carbonyl (C=O) groups is 2. The second-order valence-corrected chi connectivity index (χ2v) is 5.94. The van der Waals surface area contributed by atoms with Gasteiger partial charge < -0.3 is 15.8 Å². The van der Waals surface area contributed by atoms with Gasteiger partial charge in [-0.2, -0.15) is 11.8 Å². The van der Waals surface area contributed by atoms with E-state index < -0.39 is 12.0 Å². The molecule has 0 aliphatic rings. The normalized spacial score (nSPS) is 11.8. The monoisotopic (exact) mass is 310 g/mol. The predicted octanol–water partition coefficient (Wildman–Crippen LogP) is 1.87. The number of carbonyl (C=O) groups excluding carboxylic acids is 2. The molecule has 0 fully saturated rings. The average Bonchev–Trinajstić information content (AvgIpc) is 2.46. The summed E-state index contributed by atoms with van der Waals surface area (Å²) in [6, 6.07) is 5.32. The molecule has 5 nitrogen and oxygen atoms in total. The van der Waals surface area contributed by atoms with E-state index in [1.165, 1.54) is 18.9 Å². The van der Waals surface area contributed by atoms with Crippen molar-refractivity contribution in [1.82, 2.24) is 0 Å². The van der Waals surface area contributed by atoms with E-state index in [1.807, 2.05) is 32.0 Å². The van der Waals surface area contributed by atoms with Crippen LogP contribution in [0, 0.1) is 13.8 Å². The van der Waals surface area contributed by atoms with Gasteiger partial charge >= 0.3 is 5.97 Å². The fraction of sp³-hybridized carbons (Fsp3) is 0.467. The molecule has 0 aromatic heterocycles. The van der Waals surface area contributed by atoms with E-state index >= 15 is 0 Å². The SMILES string of the molecule is COC(=O)C(N)CCSCC(=O)Nc1cc(C)ccc1C. The number of amides is 1. The fourth-order valence-corrected chi connectivity index (χ4v) is 2.52. The Morgan fingerprint density at radius 2 is 2.10 bits per heavy atom. The third-order valence-corrected chi connectivity index (χ3v) is 3.97. The van der Waals surface area contributed by atoms with Gasteiger partial charge in [0.15, 0.2) is 0 Å². The van der Waals surface area contributed by atoms with Crippen LogP contribution in [0.4, 0.5) is 5.69 Å². The summed E-state index contributed by atoms with van der Waals surface area (Å²) in [5.41, 5.74) is 8.59. The Morgan fingerprint density at radius 1 is 1.38 bits per heavy atom.